The van der Waals surface area contributed by atoms with E-state index in [0.29, 0.717) is 17.4 Å². The number of hydrazone groups is 1. The Kier molecular flexibility index (Phi) is 6.10. The van der Waals surface area contributed by atoms with Crippen LogP contribution in [0.4, 0.5) is 13.2 Å². The number of thiocarbonyl (C=S) groups is 1. The Bertz CT molecular complexity index is 968. The third kappa shape index (κ3) is 5.20. The molecule has 0 unspecified atom stereocenters. The molecule has 1 heterocycles. The van der Waals surface area contributed by atoms with Gasteiger partial charge in [0.05, 0.1) is 11.8 Å². The number of nitrogens with zero attached hydrogens (tertiary/aromatic N) is 1. The van der Waals surface area contributed by atoms with Gasteiger partial charge in [-0.15, -0.1) is 0 Å². The summed E-state index contributed by atoms with van der Waals surface area (Å²) in [4.78, 5) is 0. The second-order valence-electron chi connectivity index (χ2n) is 5.78. The molecule has 2 aromatic carbocycles. The van der Waals surface area contributed by atoms with Gasteiger partial charge in [0.2, 0.25) is 0 Å². The van der Waals surface area contributed by atoms with Crippen LogP contribution in [0.15, 0.2) is 76.2 Å². The first-order valence-electron chi connectivity index (χ1n) is 8.31. The third-order valence-electron chi connectivity index (χ3n) is 3.78. The Labute approximate surface area is 165 Å². The van der Waals surface area contributed by atoms with Crippen molar-refractivity contribution in [2.24, 2.45) is 5.10 Å². The van der Waals surface area contributed by atoms with Crippen molar-refractivity contribution in [2.75, 3.05) is 0 Å². The van der Waals surface area contributed by atoms with Gasteiger partial charge in [0.25, 0.3) is 0 Å². The first-order chi connectivity index (χ1) is 13.4. The number of hydrogen-bond donors (Lipinski definition) is 2. The maximum absolute atomic E-state index is 13.1. The number of benzene rings is 2. The molecule has 0 saturated heterocycles. The zero-order valence-electron chi connectivity index (χ0n) is 14.5. The van der Waals surface area contributed by atoms with Crippen LogP contribution in [0.5, 0.6) is 0 Å². The van der Waals surface area contributed by atoms with E-state index < -0.39 is 11.7 Å². The average Bonchev–Trinajstić information content (AvgIpc) is 3.15. The highest BCUT2D eigenvalue weighted by Crippen LogP contribution is 2.37. The van der Waals surface area contributed by atoms with Crippen molar-refractivity contribution in [3.8, 4) is 11.3 Å². The molecule has 0 fully saturated rings. The molecule has 8 heteroatoms. The fourth-order valence-electron chi connectivity index (χ4n) is 2.48. The molecule has 144 valence electrons. The van der Waals surface area contributed by atoms with Crippen molar-refractivity contribution in [3.63, 3.8) is 0 Å². The lowest BCUT2D eigenvalue weighted by atomic mass is 10.1. The summed E-state index contributed by atoms with van der Waals surface area (Å²) in [5.41, 5.74) is 2.92. The molecule has 0 aliphatic rings. The monoisotopic (exact) mass is 403 g/mol. The van der Waals surface area contributed by atoms with Crippen LogP contribution in [0.25, 0.3) is 11.3 Å². The Balaban J connectivity index is 1.60. The minimum absolute atomic E-state index is 0.0253. The van der Waals surface area contributed by atoms with Gasteiger partial charge in [0, 0.05) is 12.1 Å². The summed E-state index contributed by atoms with van der Waals surface area (Å²) >= 11 is 5.12. The van der Waals surface area contributed by atoms with Crippen molar-refractivity contribution in [1.29, 1.82) is 0 Å². The predicted molar refractivity (Wildman–Crippen MR) is 106 cm³/mol. The molecule has 1 aromatic heterocycles. The van der Waals surface area contributed by atoms with E-state index in [0.717, 1.165) is 11.6 Å². The molecule has 28 heavy (non-hydrogen) atoms. The van der Waals surface area contributed by atoms with Crippen LogP contribution >= 0.6 is 12.2 Å². The highest BCUT2D eigenvalue weighted by atomic mass is 32.1. The Hall–Kier alpha value is -3.13. The number of furan rings is 1. The first-order valence-corrected chi connectivity index (χ1v) is 8.71. The molecular weight excluding hydrogens is 387 g/mol. The van der Waals surface area contributed by atoms with Gasteiger partial charge in [-0.2, -0.15) is 18.3 Å². The van der Waals surface area contributed by atoms with E-state index in [9.17, 15) is 13.2 Å². The second kappa shape index (κ2) is 8.71. The summed E-state index contributed by atoms with van der Waals surface area (Å²) in [5.74, 6) is 0.407. The molecule has 2 N–H and O–H groups in total. The van der Waals surface area contributed by atoms with Gasteiger partial charge in [-0.3, -0.25) is 5.43 Å². The van der Waals surface area contributed by atoms with Gasteiger partial charge in [-0.1, -0.05) is 48.5 Å². The lowest BCUT2D eigenvalue weighted by Crippen LogP contribution is -2.31. The van der Waals surface area contributed by atoms with Crippen molar-refractivity contribution in [3.05, 3.63) is 83.6 Å². The van der Waals surface area contributed by atoms with Crippen LogP contribution in [-0.4, -0.2) is 11.3 Å². The predicted octanol–water partition coefficient (Wildman–Crippen LogP) is 4.96. The molecule has 0 aliphatic heterocycles. The largest absolute Gasteiger partial charge is 0.455 e. The molecule has 0 spiro atoms. The third-order valence-corrected chi connectivity index (χ3v) is 4.01. The number of halogens is 3. The fourth-order valence-corrected chi connectivity index (χ4v) is 2.61. The van der Waals surface area contributed by atoms with Crippen molar-refractivity contribution in [2.45, 2.75) is 12.7 Å². The van der Waals surface area contributed by atoms with Crippen molar-refractivity contribution in [1.82, 2.24) is 10.7 Å². The van der Waals surface area contributed by atoms with Crippen LogP contribution in [-0.2, 0) is 12.7 Å². The van der Waals surface area contributed by atoms with Crippen LogP contribution in [0.3, 0.4) is 0 Å². The van der Waals surface area contributed by atoms with Crippen molar-refractivity contribution >= 4 is 23.5 Å². The van der Waals surface area contributed by atoms with Gasteiger partial charge in [0.1, 0.15) is 11.5 Å². The highest BCUT2D eigenvalue weighted by Gasteiger charge is 2.34. The number of nitrogens with one attached hydrogen (secondary N) is 2. The van der Waals surface area contributed by atoms with E-state index >= 15 is 0 Å². The standard InChI is InChI=1S/C20H16F3N3OS/c21-20(22,23)17-9-5-4-8-16(17)18-11-10-15(27-18)13-25-26-19(28)24-12-14-6-2-1-3-7-14/h1-11,13H,12H2,(H2,24,26,28)/b25-13-. The van der Waals surface area contributed by atoms with E-state index in [1.54, 1.807) is 0 Å². The second-order valence-corrected chi connectivity index (χ2v) is 6.19. The summed E-state index contributed by atoms with van der Waals surface area (Å²) in [6.07, 6.45) is -3.12. The average molecular weight is 403 g/mol. The van der Waals surface area contributed by atoms with E-state index in [1.807, 2.05) is 30.3 Å². The minimum Gasteiger partial charge on any atom is -0.455 e. The zero-order valence-corrected chi connectivity index (χ0v) is 15.3. The van der Waals surface area contributed by atoms with Gasteiger partial charge in [-0.25, -0.2) is 0 Å². The van der Waals surface area contributed by atoms with Crippen LogP contribution < -0.4 is 10.7 Å². The van der Waals surface area contributed by atoms with Crippen LogP contribution in [0, 0.1) is 0 Å². The highest BCUT2D eigenvalue weighted by molar-refractivity contribution is 7.80. The molecule has 3 aromatic rings. The molecule has 0 saturated carbocycles. The van der Waals surface area contributed by atoms with Crippen LogP contribution in [0.1, 0.15) is 16.9 Å². The Morgan fingerprint density at radius 3 is 2.46 bits per heavy atom. The fraction of sp³-hybridized carbons (Fsp3) is 0.100. The maximum Gasteiger partial charge on any atom is 0.417 e. The topological polar surface area (TPSA) is 49.6 Å². The molecule has 3 rings (SSSR count). The number of rotatable bonds is 5. The van der Waals surface area contributed by atoms with Gasteiger partial charge in [0.15, 0.2) is 5.11 Å². The number of hydrogen-bond acceptors (Lipinski definition) is 3. The van der Waals surface area contributed by atoms with Gasteiger partial charge in [-0.05, 0) is 36.0 Å². The van der Waals surface area contributed by atoms with E-state index in [4.69, 9.17) is 16.6 Å². The van der Waals surface area contributed by atoms with Crippen molar-refractivity contribution < 1.29 is 17.6 Å². The van der Waals surface area contributed by atoms with E-state index in [1.165, 1.54) is 36.5 Å². The Morgan fingerprint density at radius 1 is 1.00 bits per heavy atom. The lowest BCUT2D eigenvalue weighted by molar-refractivity contribution is -0.137. The molecule has 4 nitrogen and oxygen atoms in total. The lowest BCUT2D eigenvalue weighted by Gasteiger charge is -2.10. The summed E-state index contributed by atoms with van der Waals surface area (Å²) in [6, 6.07) is 18.0. The molecule has 0 aliphatic carbocycles. The summed E-state index contributed by atoms with van der Waals surface area (Å²) < 4.78 is 44.8. The number of alkyl halides is 3. The van der Waals surface area contributed by atoms with E-state index in [-0.39, 0.29) is 11.3 Å². The van der Waals surface area contributed by atoms with Crippen LogP contribution in [0.2, 0.25) is 0 Å². The molecular formula is C20H16F3N3OS. The molecule has 0 atom stereocenters. The summed E-state index contributed by atoms with van der Waals surface area (Å²) in [7, 11) is 0. The van der Waals surface area contributed by atoms with E-state index in [2.05, 4.69) is 15.8 Å². The first kappa shape index (κ1) is 19.6. The zero-order chi connectivity index (χ0) is 20.0. The van der Waals surface area contributed by atoms with Gasteiger partial charge >= 0.3 is 6.18 Å². The SMILES string of the molecule is FC(F)(F)c1ccccc1-c1ccc(/C=N\NC(=S)NCc2ccccc2)o1. The molecule has 0 bridgehead atoms. The molecule has 0 radical (unpaired) electrons. The quantitative estimate of drug-likeness (QED) is 0.359. The smallest absolute Gasteiger partial charge is 0.417 e. The minimum atomic E-state index is -4.46. The normalized spacial score (nSPS) is 11.5. The summed E-state index contributed by atoms with van der Waals surface area (Å²) in [5, 5.41) is 7.24. The van der Waals surface area contributed by atoms with Gasteiger partial charge < -0.3 is 9.73 Å². The summed E-state index contributed by atoms with van der Waals surface area (Å²) in [6.45, 7) is 0.543. The molecule has 0 amide bonds. The Morgan fingerprint density at radius 2 is 1.71 bits per heavy atom. The maximum atomic E-state index is 13.1.